The maximum absolute atomic E-state index is 12.7. The topological polar surface area (TPSA) is 143 Å². The van der Waals surface area contributed by atoms with Gasteiger partial charge in [0.2, 0.25) is 10.0 Å². The SMILES string of the molecule is CCCn1nc(C(=O)NNC(=O)CN(C)S(=O)(=O)c2cccnc2)c2ccccc2c1=O. The summed E-state index contributed by atoms with van der Waals surface area (Å²) >= 11 is 0. The van der Waals surface area contributed by atoms with E-state index in [9.17, 15) is 22.8 Å². The zero-order valence-corrected chi connectivity index (χ0v) is 18.3. The molecule has 1 aromatic carbocycles. The van der Waals surface area contributed by atoms with E-state index in [4.69, 9.17) is 0 Å². The molecule has 11 nitrogen and oxygen atoms in total. The molecule has 2 aromatic heterocycles. The molecule has 0 aliphatic carbocycles. The number of nitrogens with zero attached hydrogens (tertiary/aromatic N) is 4. The number of benzene rings is 1. The molecule has 3 aromatic rings. The number of carbonyl (C=O) groups is 2. The Balaban J connectivity index is 1.73. The highest BCUT2D eigenvalue weighted by atomic mass is 32.2. The van der Waals surface area contributed by atoms with Crippen LogP contribution in [0.5, 0.6) is 0 Å². The maximum Gasteiger partial charge on any atom is 0.290 e. The van der Waals surface area contributed by atoms with E-state index in [1.54, 1.807) is 24.3 Å². The molecule has 0 saturated heterocycles. The number of hydrogen-bond acceptors (Lipinski definition) is 7. The van der Waals surface area contributed by atoms with Crippen LogP contribution in [-0.2, 0) is 21.4 Å². The second-order valence-corrected chi connectivity index (χ2v) is 8.92. The van der Waals surface area contributed by atoms with Crippen molar-refractivity contribution in [2.45, 2.75) is 24.8 Å². The number of amides is 2. The average Bonchev–Trinajstić information content (AvgIpc) is 2.80. The van der Waals surface area contributed by atoms with Crippen molar-refractivity contribution in [3.63, 3.8) is 0 Å². The van der Waals surface area contributed by atoms with Crippen LogP contribution in [0.25, 0.3) is 10.8 Å². The number of nitrogens with one attached hydrogen (secondary N) is 2. The normalized spacial score (nSPS) is 11.5. The van der Waals surface area contributed by atoms with E-state index in [0.717, 1.165) is 4.31 Å². The van der Waals surface area contributed by atoms with Crippen molar-refractivity contribution in [1.82, 2.24) is 29.9 Å². The second kappa shape index (κ2) is 9.66. The predicted octanol–water partition coefficient (Wildman–Crippen LogP) is 0.283. The van der Waals surface area contributed by atoms with Gasteiger partial charge in [-0.1, -0.05) is 25.1 Å². The first-order chi connectivity index (χ1) is 15.3. The predicted molar refractivity (Wildman–Crippen MR) is 116 cm³/mol. The lowest BCUT2D eigenvalue weighted by Gasteiger charge is -2.17. The first-order valence-electron chi connectivity index (χ1n) is 9.71. The van der Waals surface area contributed by atoms with Crippen LogP contribution in [0, 0.1) is 0 Å². The van der Waals surface area contributed by atoms with E-state index in [0.29, 0.717) is 23.7 Å². The number of hydrazine groups is 1. The summed E-state index contributed by atoms with van der Waals surface area (Å²) in [5, 5.41) is 4.80. The van der Waals surface area contributed by atoms with Crippen LogP contribution < -0.4 is 16.4 Å². The van der Waals surface area contributed by atoms with E-state index in [1.807, 2.05) is 6.92 Å². The third kappa shape index (κ3) is 4.81. The first kappa shape index (κ1) is 23.0. The van der Waals surface area contributed by atoms with Crippen LogP contribution >= 0.6 is 0 Å². The van der Waals surface area contributed by atoms with Gasteiger partial charge in [-0.05, 0) is 24.6 Å². The molecule has 2 N–H and O–H groups in total. The fraction of sp³-hybridized carbons (Fsp3) is 0.250. The lowest BCUT2D eigenvalue weighted by atomic mass is 10.1. The molecule has 0 atom stereocenters. The highest BCUT2D eigenvalue weighted by Gasteiger charge is 2.24. The standard InChI is InChI=1S/C20H22N6O5S/c1-3-11-26-20(29)16-9-5-4-8-15(16)18(24-26)19(28)23-22-17(27)13-25(2)32(30,31)14-7-6-10-21-12-14/h4-10,12H,3,11,13H2,1-2H3,(H,22,27)(H,23,28). The Hall–Kier alpha value is -3.64. The number of hydrogen-bond donors (Lipinski definition) is 2. The zero-order chi connectivity index (χ0) is 23.3. The van der Waals surface area contributed by atoms with Crippen LogP contribution in [-0.4, -0.2) is 52.9 Å². The van der Waals surface area contributed by atoms with Gasteiger partial charge >= 0.3 is 0 Å². The third-order valence-electron chi connectivity index (χ3n) is 4.54. The van der Waals surface area contributed by atoms with Gasteiger partial charge in [-0.2, -0.15) is 9.40 Å². The van der Waals surface area contributed by atoms with Crippen LogP contribution in [0.15, 0.2) is 58.5 Å². The molecule has 12 heteroatoms. The zero-order valence-electron chi connectivity index (χ0n) is 17.5. The van der Waals surface area contributed by atoms with Gasteiger partial charge < -0.3 is 0 Å². The number of aromatic nitrogens is 3. The quantitative estimate of drug-likeness (QED) is 0.484. The summed E-state index contributed by atoms with van der Waals surface area (Å²) in [6.07, 6.45) is 3.25. The molecule has 2 amide bonds. The molecule has 0 radical (unpaired) electrons. The molecular weight excluding hydrogens is 436 g/mol. The summed E-state index contributed by atoms with van der Waals surface area (Å²) in [5.74, 6) is -1.50. The van der Waals surface area contributed by atoms with Crippen LogP contribution in [0.2, 0.25) is 0 Å². The van der Waals surface area contributed by atoms with Gasteiger partial charge in [0.15, 0.2) is 5.69 Å². The maximum atomic E-state index is 12.7. The lowest BCUT2D eigenvalue weighted by molar-refractivity contribution is -0.121. The van der Waals surface area contributed by atoms with Crippen molar-refractivity contribution in [3.8, 4) is 0 Å². The molecule has 3 rings (SSSR count). The Labute approximate surface area is 184 Å². The second-order valence-electron chi connectivity index (χ2n) is 6.87. The first-order valence-corrected chi connectivity index (χ1v) is 11.1. The number of likely N-dealkylation sites (N-methyl/N-ethyl adjacent to an activating group) is 1. The van der Waals surface area contributed by atoms with E-state index in [2.05, 4.69) is 20.9 Å². The molecule has 32 heavy (non-hydrogen) atoms. The summed E-state index contributed by atoms with van der Waals surface area (Å²) in [7, 11) is -2.69. The largest absolute Gasteiger partial charge is 0.290 e. The number of pyridine rings is 1. The Kier molecular flexibility index (Phi) is 6.95. The van der Waals surface area contributed by atoms with E-state index >= 15 is 0 Å². The Bertz CT molecular complexity index is 1310. The minimum atomic E-state index is -3.92. The molecule has 0 bridgehead atoms. The Morgan fingerprint density at radius 3 is 2.47 bits per heavy atom. The summed E-state index contributed by atoms with van der Waals surface area (Å²) in [4.78, 5) is 41.1. The number of sulfonamides is 1. The summed E-state index contributed by atoms with van der Waals surface area (Å²) in [6, 6.07) is 9.37. The lowest BCUT2D eigenvalue weighted by Crippen LogP contribution is -2.47. The fourth-order valence-electron chi connectivity index (χ4n) is 2.96. The molecule has 0 aliphatic heterocycles. The molecular formula is C20H22N6O5S. The van der Waals surface area contributed by atoms with Crippen molar-refractivity contribution < 1.29 is 18.0 Å². The molecule has 0 unspecified atom stereocenters. The van der Waals surface area contributed by atoms with Gasteiger partial charge in [0.25, 0.3) is 17.4 Å². The molecule has 0 spiro atoms. The van der Waals surface area contributed by atoms with Crippen molar-refractivity contribution in [2.24, 2.45) is 0 Å². The third-order valence-corrected chi connectivity index (χ3v) is 6.33. The van der Waals surface area contributed by atoms with Gasteiger partial charge in [0.1, 0.15) is 4.90 Å². The van der Waals surface area contributed by atoms with Crippen LogP contribution in [0.1, 0.15) is 23.8 Å². The van der Waals surface area contributed by atoms with Gasteiger partial charge in [0, 0.05) is 31.4 Å². The molecule has 0 aliphatic rings. The van der Waals surface area contributed by atoms with Crippen molar-refractivity contribution in [2.75, 3.05) is 13.6 Å². The van der Waals surface area contributed by atoms with Crippen LogP contribution in [0.3, 0.4) is 0 Å². The number of carbonyl (C=O) groups excluding carboxylic acids is 2. The van der Waals surface area contributed by atoms with E-state index in [1.165, 1.54) is 36.3 Å². The Morgan fingerprint density at radius 2 is 1.81 bits per heavy atom. The number of rotatable bonds is 7. The van der Waals surface area contributed by atoms with Gasteiger partial charge in [0.05, 0.1) is 11.9 Å². The minimum Gasteiger partial charge on any atom is -0.272 e. The van der Waals surface area contributed by atoms with E-state index < -0.39 is 28.4 Å². The molecule has 0 fully saturated rings. The van der Waals surface area contributed by atoms with E-state index in [-0.39, 0.29) is 16.1 Å². The number of aryl methyl sites for hydroxylation is 1. The monoisotopic (exact) mass is 458 g/mol. The molecule has 2 heterocycles. The van der Waals surface area contributed by atoms with Gasteiger partial charge in [-0.3, -0.25) is 30.2 Å². The van der Waals surface area contributed by atoms with Gasteiger partial charge in [-0.25, -0.2) is 13.1 Å². The minimum absolute atomic E-state index is 0.0368. The smallest absolute Gasteiger partial charge is 0.272 e. The van der Waals surface area contributed by atoms with Gasteiger partial charge in [-0.15, -0.1) is 0 Å². The van der Waals surface area contributed by atoms with Crippen molar-refractivity contribution in [1.29, 1.82) is 0 Å². The average molecular weight is 459 g/mol. The summed E-state index contributed by atoms with van der Waals surface area (Å²) in [5.41, 5.74) is 4.05. The van der Waals surface area contributed by atoms with Crippen LogP contribution in [0.4, 0.5) is 0 Å². The fourth-order valence-corrected chi connectivity index (χ4v) is 4.05. The van der Waals surface area contributed by atoms with Crippen molar-refractivity contribution in [3.05, 3.63) is 64.8 Å². The molecule has 168 valence electrons. The Morgan fingerprint density at radius 1 is 1.09 bits per heavy atom. The highest BCUT2D eigenvalue weighted by molar-refractivity contribution is 7.89. The van der Waals surface area contributed by atoms with Crippen molar-refractivity contribution >= 4 is 32.6 Å². The summed E-state index contributed by atoms with van der Waals surface area (Å²) in [6.45, 7) is 1.66. The molecule has 0 saturated carbocycles. The number of fused-ring (bicyclic) bond motifs is 1. The summed E-state index contributed by atoms with van der Waals surface area (Å²) < 4.78 is 27.0. The highest BCUT2D eigenvalue weighted by Crippen LogP contribution is 2.14.